The second-order valence-corrected chi connectivity index (χ2v) is 6.98. The third-order valence-corrected chi connectivity index (χ3v) is 4.03. The Morgan fingerprint density at radius 3 is 2.26 bits per heavy atom. The van der Waals surface area contributed by atoms with E-state index in [1.165, 1.54) is 0 Å². The van der Waals surface area contributed by atoms with Crippen LogP contribution in [-0.4, -0.2) is 24.5 Å². The molecule has 0 saturated carbocycles. The van der Waals surface area contributed by atoms with E-state index < -0.39 is 0 Å². The first-order valence-corrected chi connectivity index (χ1v) is 9.33. The van der Waals surface area contributed by atoms with Gasteiger partial charge in [0.15, 0.2) is 5.11 Å². The zero-order valence-corrected chi connectivity index (χ0v) is 17.1. The van der Waals surface area contributed by atoms with Crippen LogP contribution in [0.4, 0.5) is 0 Å². The summed E-state index contributed by atoms with van der Waals surface area (Å²) in [4.78, 5) is 0. The molecule has 2 rings (SSSR count). The number of nitrogens with zero attached hydrogens (tertiary/aromatic N) is 1. The molecule has 0 amide bonds. The molecular weight excluding hydrogens is 358 g/mol. The Balaban J connectivity index is 1.81. The zero-order valence-electron chi connectivity index (χ0n) is 16.3. The highest BCUT2D eigenvalue weighted by molar-refractivity contribution is 7.80. The molecule has 2 N–H and O–H groups in total. The van der Waals surface area contributed by atoms with Crippen LogP contribution >= 0.6 is 12.2 Å². The maximum absolute atomic E-state index is 5.69. The molecule has 0 spiro atoms. The molecule has 0 aliphatic rings. The summed E-state index contributed by atoms with van der Waals surface area (Å²) < 4.78 is 10.8. The molecule has 27 heavy (non-hydrogen) atoms. The van der Waals surface area contributed by atoms with Gasteiger partial charge >= 0.3 is 0 Å². The maximum Gasteiger partial charge on any atom is 0.187 e. The summed E-state index contributed by atoms with van der Waals surface area (Å²) in [5, 5.41) is 7.95. The zero-order chi connectivity index (χ0) is 19.6. The van der Waals surface area contributed by atoms with E-state index in [0.717, 1.165) is 28.3 Å². The lowest BCUT2D eigenvalue weighted by Crippen LogP contribution is -2.32. The SMILES string of the molecule is COc1ccc(CNC(=S)N/N=C(\C)c2ccc(OCC(C)C)cc2)cc1. The number of rotatable bonds is 8. The van der Waals surface area contributed by atoms with E-state index in [4.69, 9.17) is 21.7 Å². The predicted octanol–water partition coefficient (Wildman–Crippen LogP) is 4.12. The fourth-order valence-corrected chi connectivity index (χ4v) is 2.34. The molecule has 5 nitrogen and oxygen atoms in total. The van der Waals surface area contributed by atoms with Crippen LogP contribution in [0.1, 0.15) is 31.9 Å². The average molecular weight is 386 g/mol. The molecule has 0 atom stereocenters. The quantitative estimate of drug-likeness (QED) is 0.407. The smallest absolute Gasteiger partial charge is 0.187 e. The lowest BCUT2D eigenvalue weighted by Gasteiger charge is -2.10. The summed E-state index contributed by atoms with van der Waals surface area (Å²) in [6.07, 6.45) is 0. The monoisotopic (exact) mass is 385 g/mol. The van der Waals surface area contributed by atoms with Crippen molar-refractivity contribution in [1.82, 2.24) is 10.7 Å². The first kappa shape index (κ1) is 20.7. The molecule has 0 fully saturated rings. The normalized spacial score (nSPS) is 11.2. The average Bonchev–Trinajstić information content (AvgIpc) is 2.69. The Morgan fingerprint density at radius 2 is 1.67 bits per heavy atom. The highest BCUT2D eigenvalue weighted by atomic mass is 32.1. The summed E-state index contributed by atoms with van der Waals surface area (Å²) in [5.74, 6) is 2.20. The van der Waals surface area contributed by atoms with Gasteiger partial charge in [-0.15, -0.1) is 0 Å². The van der Waals surface area contributed by atoms with Crippen LogP contribution in [-0.2, 0) is 6.54 Å². The Kier molecular flexibility index (Phi) is 8.07. The highest BCUT2D eigenvalue weighted by Crippen LogP contribution is 2.14. The van der Waals surface area contributed by atoms with Gasteiger partial charge in [-0.3, -0.25) is 5.43 Å². The van der Waals surface area contributed by atoms with Crippen LogP contribution in [0.2, 0.25) is 0 Å². The highest BCUT2D eigenvalue weighted by Gasteiger charge is 2.02. The molecule has 0 aliphatic heterocycles. The lowest BCUT2D eigenvalue weighted by atomic mass is 10.1. The molecule has 0 radical (unpaired) electrons. The van der Waals surface area contributed by atoms with Crippen molar-refractivity contribution in [3.05, 3.63) is 59.7 Å². The van der Waals surface area contributed by atoms with Gasteiger partial charge in [0.25, 0.3) is 0 Å². The molecule has 0 bridgehead atoms. The van der Waals surface area contributed by atoms with E-state index >= 15 is 0 Å². The topological polar surface area (TPSA) is 54.9 Å². The third-order valence-electron chi connectivity index (χ3n) is 3.79. The minimum atomic E-state index is 0.474. The van der Waals surface area contributed by atoms with Crippen molar-refractivity contribution in [2.45, 2.75) is 27.3 Å². The van der Waals surface area contributed by atoms with Gasteiger partial charge in [0.05, 0.1) is 19.4 Å². The lowest BCUT2D eigenvalue weighted by molar-refractivity contribution is 0.271. The van der Waals surface area contributed by atoms with Crippen molar-refractivity contribution in [2.75, 3.05) is 13.7 Å². The van der Waals surface area contributed by atoms with Crippen LogP contribution < -0.4 is 20.2 Å². The van der Waals surface area contributed by atoms with Gasteiger partial charge in [-0.2, -0.15) is 5.10 Å². The van der Waals surface area contributed by atoms with Crippen LogP contribution in [0, 0.1) is 5.92 Å². The second-order valence-electron chi connectivity index (χ2n) is 6.57. The van der Waals surface area contributed by atoms with Crippen LogP contribution in [0.15, 0.2) is 53.6 Å². The summed E-state index contributed by atoms with van der Waals surface area (Å²) in [6, 6.07) is 15.7. The molecule has 2 aromatic carbocycles. The van der Waals surface area contributed by atoms with Gasteiger partial charge in [0, 0.05) is 6.54 Å². The molecule has 0 saturated heterocycles. The number of nitrogens with one attached hydrogen (secondary N) is 2. The van der Waals surface area contributed by atoms with E-state index in [1.807, 2.05) is 55.5 Å². The maximum atomic E-state index is 5.69. The molecule has 2 aromatic rings. The molecule has 0 aliphatic carbocycles. The van der Waals surface area contributed by atoms with Gasteiger partial charge < -0.3 is 14.8 Å². The van der Waals surface area contributed by atoms with Gasteiger partial charge in [-0.25, -0.2) is 0 Å². The molecular formula is C21H27N3O2S. The minimum Gasteiger partial charge on any atom is -0.497 e. The summed E-state index contributed by atoms with van der Waals surface area (Å²) in [5.41, 5.74) is 5.85. The van der Waals surface area contributed by atoms with Crippen molar-refractivity contribution < 1.29 is 9.47 Å². The van der Waals surface area contributed by atoms with Crippen molar-refractivity contribution in [3.8, 4) is 11.5 Å². The van der Waals surface area contributed by atoms with Gasteiger partial charge in [0.2, 0.25) is 0 Å². The summed E-state index contributed by atoms with van der Waals surface area (Å²) in [7, 11) is 1.65. The number of benzene rings is 2. The Hall–Kier alpha value is -2.60. The fraction of sp³-hybridized carbons (Fsp3) is 0.333. The molecule has 0 aromatic heterocycles. The summed E-state index contributed by atoms with van der Waals surface area (Å²) in [6.45, 7) is 7.52. The number of thiocarbonyl (C=S) groups is 1. The second kappa shape index (κ2) is 10.5. The largest absolute Gasteiger partial charge is 0.497 e. The molecule has 0 heterocycles. The van der Waals surface area contributed by atoms with Crippen molar-refractivity contribution >= 4 is 23.0 Å². The predicted molar refractivity (Wildman–Crippen MR) is 115 cm³/mol. The Bertz CT molecular complexity index is 756. The van der Waals surface area contributed by atoms with Crippen LogP contribution in [0.5, 0.6) is 11.5 Å². The molecule has 0 unspecified atom stereocenters. The van der Waals surface area contributed by atoms with E-state index in [0.29, 0.717) is 24.2 Å². The number of ether oxygens (including phenoxy) is 2. The van der Waals surface area contributed by atoms with Gasteiger partial charge in [0.1, 0.15) is 11.5 Å². The van der Waals surface area contributed by atoms with Crippen molar-refractivity contribution in [3.63, 3.8) is 0 Å². The van der Waals surface area contributed by atoms with Gasteiger partial charge in [-0.05, 0) is 72.6 Å². The van der Waals surface area contributed by atoms with Crippen molar-refractivity contribution in [1.29, 1.82) is 0 Å². The Morgan fingerprint density at radius 1 is 1.04 bits per heavy atom. The molecule has 6 heteroatoms. The fourth-order valence-electron chi connectivity index (χ4n) is 2.22. The number of hydrogen-bond acceptors (Lipinski definition) is 4. The van der Waals surface area contributed by atoms with Crippen LogP contribution in [0.3, 0.4) is 0 Å². The standard InChI is InChI=1S/C21H27N3O2S/c1-15(2)14-26-20-11-7-18(8-12-20)16(3)23-24-21(27)22-13-17-5-9-19(25-4)10-6-17/h5-12,15H,13-14H2,1-4H3,(H2,22,24,27)/b23-16+. The number of hydrazone groups is 1. The first-order chi connectivity index (χ1) is 13.0. The van der Waals surface area contributed by atoms with Crippen LogP contribution in [0.25, 0.3) is 0 Å². The van der Waals surface area contributed by atoms with Crippen molar-refractivity contribution in [2.24, 2.45) is 11.0 Å². The van der Waals surface area contributed by atoms with E-state index in [9.17, 15) is 0 Å². The van der Waals surface area contributed by atoms with E-state index in [1.54, 1.807) is 7.11 Å². The number of hydrogen-bond donors (Lipinski definition) is 2. The first-order valence-electron chi connectivity index (χ1n) is 8.92. The van der Waals surface area contributed by atoms with E-state index in [2.05, 4.69) is 29.7 Å². The summed E-state index contributed by atoms with van der Waals surface area (Å²) >= 11 is 5.28. The molecule has 144 valence electrons. The Labute approximate surface area is 166 Å². The third kappa shape index (κ3) is 7.27. The van der Waals surface area contributed by atoms with Gasteiger partial charge in [-0.1, -0.05) is 26.0 Å². The minimum absolute atomic E-state index is 0.474. The van der Waals surface area contributed by atoms with E-state index in [-0.39, 0.29) is 0 Å². The number of methoxy groups -OCH3 is 1.